The van der Waals surface area contributed by atoms with Gasteiger partial charge in [0.25, 0.3) is 5.91 Å². The van der Waals surface area contributed by atoms with E-state index < -0.39 is 6.04 Å². The van der Waals surface area contributed by atoms with Gasteiger partial charge in [0.1, 0.15) is 17.6 Å². The summed E-state index contributed by atoms with van der Waals surface area (Å²) in [4.78, 5) is 27.0. The minimum absolute atomic E-state index is 0.184. The Labute approximate surface area is 178 Å². The molecule has 2 aromatic rings. The summed E-state index contributed by atoms with van der Waals surface area (Å²) >= 11 is 0. The van der Waals surface area contributed by atoms with E-state index in [1.54, 1.807) is 19.1 Å². The van der Waals surface area contributed by atoms with Crippen LogP contribution in [0.15, 0.2) is 36.4 Å². The van der Waals surface area contributed by atoms with E-state index in [1.807, 2.05) is 33.8 Å². The number of carbonyl (C=O) groups is 2. The van der Waals surface area contributed by atoms with E-state index in [-0.39, 0.29) is 30.8 Å². The van der Waals surface area contributed by atoms with Crippen molar-refractivity contribution in [2.45, 2.75) is 53.6 Å². The molecular weight excluding hydrogens is 383 g/mol. The van der Waals surface area contributed by atoms with Crippen molar-refractivity contribution < 1.29 is 18.7 Å². The maximum Gasteiger partial charge on any atom is 0.261 e. The first-order valence-electron chi connectivity index (χ1n) is 10.2. The average Bonchev–Trinajstić information content (AvgIpc) is 2.72. The second kappa shape index (κ2) is 10.8. The van der Waals surface area contributed by atoms with Gasteiger partial charge in [-0.15, -0.1) is 0 Å². The van der Waals surface area contributed by atoms with Crippen LogP contribution in [0.25, 0.3) is 0 Å². The van der Waals surface area contributed by atoms with Crippen LogP contribution in [0.5, 0.6) is 5.75 Å². The van der Waals surface area contributed by atoms with Gasteiger partial charge in [-0.2, -0.15) is 0 Å². The summed E-state index contributed by atoms with van der Waals surface area (Å²) in [6.07, 6.45) is 0.805. The third-order valence-electron chi connectivity index (χ3n) is 5.10. The molecule has 1 atom stereocenters. The molecule has 2 amide bonds. The van der Waals surface area contributed by atoms with E-state index >= 15 is 0 Å². The van der Waals surface area contributed by atoms with Crippen LogP contribution < -0.4 is 10.1 Å². The van der Waals surface area contributed by atoms with Crippen molar-refractivity contribution in [2.75, 3.05) is 13.2 Å². The van der Waals surface area contributed by atoms with Gasteiger partial charge in [0, 0.05) is 13.1 Å². The second-order valence-electron chi connectivity index (χ2n) is 7.61. The van der Waals surface area contributed by atoms with Gasteiger partial charge in [0.2, 0.25) is 5.91 Å². The van der Waals surface area contributed by atoms with Crippen LogP contribution in [0.3, 0.4) is 0 Å². The van der Waals surface area contributed by atoms with E-state index in [4.69, 9.17) is 4.74 Å². The van der Waals surface area contributed by atoms with Crippen LogP contribution in [-0.2, 0) is 16.1 Å². The largest absolute Gasteiger partial charge is 0.483 e. The monoisotopic (exact) mass is 414 g/mol. The Morgan fingerprint density at radius 2 is 1.80 bits per heavy atom. The van der Waals surface area contributed by atoms with E-state index in [2.05, 4.69) is 11.4 Å². The molecule has 0 spiro atoms. The van der Waals surface area contributed by atoms with Crippen LogP contribution in [0.4, 0.5) is 4.39 Å². The highest BCUT2D eigenvalue weighted by atomic mass is 19.1. The number of amides is 2. The number of hydrogen-bond acceptors (Lipinski definition) is 3. The van der Waals surface area contributed by atoms with Crippen LogP contribution in [0, 0.1) is 26.6 Å². The smallest absolute Gasteiger partial charge is 0.261 e. The maximum absolute atomic E-state index is 13.3. The van der Waals surface area contributed by atoms with E-state index in [0.29, 0.717) is 12.3 Å². The lowest BCUT2D eigenvalue weighted by Crippen LogP contribution is -2.49. The Bertz CT molecular complexity index is 881. The van der Waals surface area contributed by atoms with Crippen LogP contribution in [0.1, 0.15) is 42.5 Å². The highest BCUT2D eigenvalue weighted by Gasteiger charge is 2.26. The Kier molecular flexibility index (Phi) is 8.39. The molecular formula is C24H31FN2O3. The number of benzene rings is 2. The number of nitrogens with zero attached hydrogens (tertiary/aromatic N) is 1. The predicted molar refractivity (Wildman–Crippen MR) is 116 cm³/mol. The Morgan fingerprint density at radius 1 is 1.13 bits per heavy atom. The number of ether oxygens (including phenoxy) is 1. The molecule has 30 heavy (non-hydrogen) atoms. The average molecular weight is 415 g/mol. The summed E-state index contributed by atoms with van der Waals surface area (Å²) in [5.74, 6) is -0.225. The molecule has 0 aliphatic heterocycles. The third-order valence-corrected chi connectivity index (χ3v) is 5.10. The van der Waals surface area contributed by atoms with Gasteiger partial charge >= 0.3 is 0 Å². The predicted octanol–water partition coefficient (Wildman–Crippen LogP) is 4.07. The summed E-state index contributed by atoms with van der Waals surface area (Å²) in [6, 6.07) is 9.19. The van der Waals surface area contributed by atoms with Crippen LogP contribution in [0.2, 0.25) is 0 Å². The second-order valence-corrected chi connectivity index (χ2v) is 7.61. The molecule has 0 aromatic heterocycles. The summed E-state index contributed by atoms with van der Waals surface area (Å²) in [7, 11) is 0. The Morgan fingerprint density at radius 3 is 2.43 bits per heavy atom. The van der Waals surface area contributed by atoms with Gasteiger partial charge in [-0.3, -0.25) is 9.59 Å². The zero-order chi connectivity index (χ0) is 22.3. The summed E-state index contributed by atoms with van der Waals surface area (Å²) in [5.41, 5.74) is 3.86. The zero-order valence-electron chi connectivity index (χ0n) is 18.4. The number of aryl methyl sites for hydroxylation is 2. The number of halogens is 1. The van der Waals surface area contributed by atoms with Gasteiger partial charge in [-0.1, -0.05) is 25.1 Å². The lowest BCUT2D eigenvalue weighted by molar-refractivity contribution is -0.142. The van der Waals surface area contributed by atoms with Crippen molar-refractivity contribution in [1.29, 1.82) is 0 Å². The first kappa shape index (κ1) is 23.4. The van der Waals surface area contributed by atoms with Crippen molar-refractivity contribution in [3.05, 3.63) is 64.5 Å². The van der Waals surface area contributed by atoms with Gasteiger partial charge in [0.15, 0.2) is 6.61 Å². The molecule has 0 unspecified atom stereocenters. The fourth-order valence-corrected chi connectivity index (χ4v) is 3.14. The fourth-order valence-electron chi connectivity index (χ4n) is 3.14. The molecule has 0 saturated heterocycles. The molecule has 0 saturated carbocycles. The molecule has 0 aliphatic carbocycles. The molecule has 0 aliphatic rings. The fraction of sp³-hybridized carbons (Fsp3) is 0.417. The highest BCUT2D eigenvalue weighted by Crippen LogP contribution is 2.23. The topological polar surface area (TPSA) is 58.6 Å². The summed E-state index contributed by atoms with van der Waals surface area (Å²) in [6.45, 7) is 10.1. The lowest BCUT2D eigenvalue weighted by Gasteiger charge is -2.29. The Balaban J connectivity index is 2.18. The molecule has 2 aromatic carbocycles. The molecule has 0 bridgehead atoms. The first-order chi connectivity index (χ1) is 14.2. The molecule has 2 rings (SSSR count). The van der Waals surface area contributed by atoms with Crippen molar-refractivity contribution in [3.63, 3.8) is 0 Å². The molecule has 0 fully saturated rings. The third kappa shape index (κ3) is 6.31. The number of rotatable bonds is 9. The maximum atomic E-state index is 13.3. The molecule has 6 heteroatoms. The van der Waals surface area contributed by atoms with E-state index in [9.17, 15) is 14.0 Å². The first-order valence-corrected chi connectivity index (χ1v) is 10.2. The number of nitrogens with one attached hydrogen (secondary N) is 1. The van der Waals surface area contributed by atoms with Gasteiger partial charge in [-0.05, 0) is 74.6 Å². The van der Waals surface area contributed by atoms with Crippen LogP contribution >= 0.6 is 0 Å². The SMILES string of the molecule is CCCNC(=O)[C@@H](C)N(Cc1ccc(F)cc1)C(=O)COc1cc(C)cc(C)c1C. The minimum Gasteiger partial charge on any atom is -0.483 e. The van der Waals surface area contributed by atoms with Crippen molar-refractivity contribution in [3.8, 4) is 5.75 Å². The summed E-state index contributed by atoms with van der Waals surface area (Å²) in [5, 5.41) is 2.83. The lowest BCUT2D eigenvalue weighted by atomic mass is 10.1. The molecule has 0 heterocycles. The van der Waals surface area contributed by atoms with Gasteiger partial charge in [-0.25, -0.2) is 4.39 Å². The van der Waals surface area contributed by atoms with Crippen molar-refractivity contribution >= 4 is 11.8 Å². The number of hydrogen-bond donors (Lipinski definition) is 1. The normalized spacial score (nSPS) is 11.7. The molecule has 5 nitrogen and oxygen atoms in total. The molecule has 0 radical (unpaired) electrons. The van der Waals surface area contributed by atoms with Gasteiger partial charge < -0.3 is 15.0 Å². The van der Waals surface area contributed by atoms with Crippen molar-refractivity contribution in [1.82, 2.24) is 10.2 Å². The van der Waals surface area contributed by atoms with E-state index in [0.717, 1.165) is 28.7 Å². The molecule has 162 valence electrons. The minimum atomic E-state index is -0.682. The van der Waals surface area contributed by atoms with Gasteiger partial charge in [0.05, 0.1) is 0 Å². The standard InChI is InChI=1S/C24H31FN2O3/c1-6-11-26-24(29)19(5)27(14-20-7-9-21(25)10-8-20)23(28)15-30-22-13-16(2)12-17(3)18(22)4/h7-10,12-13,19H,6,11,14-15H2,1-5H3,(H,26,29)/t19-/m1/s1. The number of carbonyl (C=O) groups excluding carboxylic acids is 2. The van der Waals surface area contributed by atoms with Crippen molar-refractivity contribution in [2.24, 2.45) is 0 Å². The quantitative estimate of drug-likeness (QED) is 0.673. The van der Waals surface area contributed by atoms with Crippen LogP contribution in [-0.4, -0.2) is 35.9 Å². The highest BCUT2D eigenvalue weighted by molar-refractivity contribution is 5.88. The summed E-state index contributed by atoms with van der Waals surface area (Å²) < 4.78 is 19.1. The molecule has 1 N–H and O–H groups in total. The zero-order valence-corrected chi connectivity index (χ0v) is 18.4. The van der Waals surface area contributed by atoms with E-state index in [1.165, 1.54) is 17.0 Å². The Hall–Kier alpha value is -2.89.